The van der Waals surface area contributed by atoms with Crippen molar-refractivity contribution in [1.82, 2.24) is 4.90 Å². The molecule has 2 heterocycles. The molecule has 0 N–H and O–H groups in total. The van der Waals surface area contributed by atoms with Crippen molar-refractivity contribution in [3.05, 3.63) is 60.1 Å². The maximum absolute atomic E-state index is 12.6. The first kappa shape index (κ1) is 21.6. The second-order valence-electron chi connectivity index (χ2n) is 8.77. The summed E-state index contributed by atoms with van der Waals surface area (Å²) in [5, 5.41) is 0. The molecular weight excluding hydrogens is 362 g/mol. The van der Waals surface area contributed by atoms with Crippen molar-refractivity contribution >= 4 is 5.91 Å². The van der Waals surface area contributed by atoms with Crippen LogP contribution in [0.25, 0.3) is 0 Å². The lowest BCUT2D eigenvalue weighted by Gasteiger charge is -2.43. The number of carbonyl (C=O) groups excluding carboxylic acids is 1. The molecule has 2 aromatic rings. The van der Waals surface area contributed by atoms with E-state index in [4.69, 9.17) is 9.15 Å². The van der Waals surface area contributed by atoms with E-state index >= 15 is 0 Å². The molecule has 4 heteroatoms. The summed E-state index contributed by atoms with van der Waals surface area (Å²) in [6, 6.07) is 14.6. The second-order valence-corrected chi connectivity index (χ2v) is 8.77. The number of rotatable bonds is 9. The zero-order chi connectivity index (χ0) is 20.7. The highest BCUT2D eigenvalue weighted by Gasteiger charge is 2.38. The summed E-state index contributed by atoms with van der Waals surface area (Å²) in [5.74, 6) is 1.53. The summed E-state index contributed by atoms with van der Waals surface area (Å²) in [4.78, 5) is 14.6. The lowest BCUT2D eigenvalue weighted by Crippen LogP contribution is -2.42. The van der Waals surface area contributed by atoms with E-state index in [1.54, 1.807) is 6.26 Å². The minimum Gasteiger partial charge on any atom is -0.467 e. The Hall–Kier alpha value is -2.07. The molecular formula is C25H35NO3. The molecule has 0 radical (unpaired) electrons. The third-order valence-electron chi connectivity index (χ3n) is 6.26. The topological polar surface area (TPSA) is 42.7 Å². The van der Waals surface area contributed by atoms with Gasteiger partial charge >= 0.3 is 0 Å². The van der Waals surface area contributed by atoms with E-state index in [-0.39, 0.29) is 17.4 Å². The molecule has 29 heavy (non-hydrogen) atoms. The van der Waals surface area contributed by atoms with E-state index in [0.717, 1.165) is 44.6 Å². The number of furan rings is 1. The first-order chi connectivity index (χ1) is 14.0. The predicted octanol–water partition coefficient (Wildman–Crippen LogP) is 5.47. The monoisotopic (exact) mass is 397 g/mol. The lowest BCUT2D eigenvalue weighted by molar-refractivity contribution is -0.132. The van der Waals surface area contributed by atoms with Gasteiger partial charge in [-0.05, 0) is 54.7 Å². The quantitative estimate of drug-likeness (QED) is 0.563. The van der Waals surface area contributed by atoms with Crippen LogP contribution in [0.5, 0.6) is 0 Å². The molecule has 1 aliphatic heterocycles. The molecule has 0 unspecified atom stereocenters. The minimum atomic E-state index is 0.157. The fourth-order valence-corrected chi connectivity index (χ4v) is 4.43. The van der Waals surface area contributed by atoms with Gasteiger partial charge in [-0.15, -0.1) is 0 Å². The molecule has 3 rings (SSSR count). The highest BCUT2D eigenvalue weighted by Crippen LogP contribution is 2.42. The van der Waals surface area contributed by atoms with Gasteiger partial charge in [0.2, 0.25) is 5.91 Å². The summed E-state index contributed by atoms with van der Waals surface area (Å²) in [7, 11) is 0. The molecule has 1 aromatic carbocycles. The SMILES string of the molecule is CCC(=O)N(CC[C@]1(Cc2ccccc2)CCO[C@@H](C(C)C)C1)Cc1ccco1. The second kappa shape index (κ2) is 10.1. The first-order valence-electron chi connectivity index (χ1n) is 11.0. The van der Waals surface area contributed by atoms with Gasteiger partial charge in [-0.3, -0.25) is 4.79 Å². The maximum Gasteiger partial charge on any atom is 0.222 e. The standard InChI is InChI=1S/C25H35NO3/c1-4-24(27)26(19-22-11-8-15-28-22)14-12-25(17-21-9-6-5-7-10-21)13-16-29-23(18-25)20(2)3/h5-11,15,20,23H,4,12-14,16-19H2,1-3H3/t23-,25-/m1/s1. The molecule has 1 aliphatic rings. The summed E-state index contributed by atoms with van der Waals surface area (Å²) in [6.45, 7) is 8.52. The molecule has 1 aromatic heterocycles. The molecule has 4 nitrogen and oxygen atoms in total. The minimum absolute atomic E-state index is 0.157. The van der Waals surface area contributed by atoms with Gasteiger partial charge in [0, 0.05) is 19.6 Å². The van der Waals surface area contributed by atoms with E-state index in [9.17, 15) is 4.79 Å². The Morgan fingerprint density at radius 2 is 2.00 bits per heavy atom. The lowest BCUT2D eigenvalue weighted by atomic mass is 9.69. The molecule has 158 valence electrons. The van der Waals surface area contributed by atoms with Crippen molar-refractivity contribution in [1.29, 1.82) is 0 Å². The zero-order valence-corrected chi connectivity index (χ0v) is 18.1. The van der Waals surface area contributed by atoms with Gasteiger partial charge in [-0.1, -0.05) is 51.1 Å². The van der Waals surface area contributed by atoms with Crippen LogP contribution in [0.3, 0.4) is 0 Å². The molecule has 2 atom stereocenters. The molecule has 1 saturated heterocycles. The summed E-state index contributed by atoms with van der Waals surface area (Å²) in [5.41, 5.74) is 1.53. The van der Waals surface area contributed by atoms with Crippen LogP contribution in [-0.4, -0.2) is 30.1 Å². The van der Waals surface area contributed by atoms with Gasteiger partial charge in [-0.2, -0.15) is 0 Å². The Labute approximate surface area is 175 Å². The first-order valence-corrected chi connectivity index (χ1v) is 11.0. The summed E-state index contributed by atoms with van der Waals surface area (Å²) < 4.78 is 11.6. The van der Waals surface area contributed by atoms with Crippen molar-refractivity contribution in [2.24, 2.45) is 11.3 Å². The average Bonchev–Trinajstić information content (AvgIpc) is 3.24. The number of benzene rings is 1. The molecule has 0 aliphatic carbocycles. The predicted molar refractivity (Wildman–Crippen MR) is 115 cm³/mol. The van der Waals surface area contributed by atoms with Crippen LogP contribution < -0.4 is 0 Å². The van der Waals surface area contributed by atoms with Crippen LogP contribution >= 0.6 is 0 Å². The Kier molecular flexibility index (Phi) is 7.54. The summed E-state index contributed by atoms with van der Waals surface area (Å²) in [6.07, 6.45) is 6.59. The van der Waals surface area contributed by atoms with Crippen LogP contribution in [0.4, 0.5) is 0 Å². The Bertz CT molecular complexity index is 741. The average molecular weight is 398 g/mol. The zero-order valence-electron chi connectivity index (χ0n) is 18.1. The van der Waals surface area contributed by atoms with Crippen LogP contribution in [0, 0.1) is 11.3 Å². The Morgan fingerprint density at radius 3 is 2.66 bits per heavy atom. The van der Waals surface area contributed by atoms with Crippen molar-refractivity contribution in [2.75, 3.05) is 13.2 Å². The van der Waals surface area contributed by atoms with Gasteiger partial charge in [0.25, 0.3) is 0 Å². The van der Waals surface area contributed by atoms with Crippen molar-refractivity contribution < 1.29 is 13.9 Å². The van der Waals surface area contributed by atoms with Crippen molar-refractivity contribution in [3.8, 4) is 0 Å². The van der Waals surface area contributed by atoms with Gasteiger partial charge in [0.05, 0.1) is 18.9 Å². The number of carbonyl (C=O) groups is 1. The fraction of sp³-hybridized carbons (Fsp3) is 0.560. The number of hydrogen-bond donors (Lipinski definition) is 0. The van der Waals surface area contributed by atoms with E-state index in [0.29, 0.717) is 18.9 Å². The normalized spacial score (nSPS) is 22.0. The largest absolute Gasteiger partial charge is 0.467 e. The fourth-order valence-electron chi connectivity index (χ4n) is 4.43. The van der Waals surface area contributed by atoms with Crippen LogP contribution in [0.2, 0.25) is 0 Å². The van der Waals surface area contributed by atoms with Gasteiger partial charge < -0.3 is 14.1 Å². The smallest absolute Gasteiger partial charge is 0.222 e. The van der Waals surface area contributed by atoms with Crippen molar-refractivity contribution in [3.63, 3.8) is 0 Å². The number of amides is 1. The third kappa shape index (κ3) is 5.96. The van der Waals surface area contributed by atoms with Gasteiger partial charge in [0.15, 0.2) is 0 Å². The Morgan fingerprint density at radius 1 is 1.21 bits per heavy atom. The highest BCUT2D eigenvalue weighted by molar-refractivity contribution is 5.75. The Balaban J connectivity index is 1.76. The van der Waals surface area contributed by atoms with Crippen LogP contribution in [-0.2, 0) is 22.5 Å². The van der Waals surface area contributed by atoms with E-state index in [1.165, 1.54) is 5.56 Å². The molecule has 0 saturated carbocycles. The van der Waals surface area contributed by atoms with E-state index in [2.05, 4.69) is 44.2 Å². The van der Waals surface area contributed by atoms with E-state index < -0.39 is 0 Å². The number of hydrogen-bond acceptors (Lipinski definition) is 3. The van der Waals surface area contributed by atoms with Crippen LogP contribution in [0.15, 0.2) is 53.1 Å². The van der Waals surface area contributed by atoms with Gasteiger partial charge in [0.1, 0.15) is 5.76 Å². The molecule has 1 fully saturated rings. The van der Waals surface area contributed by atoms with E-state index in [1.807, 2.05) is 24.0 Å². The molecule has 1 amide bonds. The van der Waals surface area contributed by atoms with Gasteiger partial charge in [-0.25, -0.2) is 0 Å². The maximum atomic E-state index is 12.6. The number of ether oxygens (including phenoxy) is 1. The number of nitrogens with zero attached hydrogens (tertiary/aromatic N) is 1. The van der Waals surface area contributed by atoms with Crippen molar-refractivity contribution in [2.45, 2.75) is 65.5 Å². The molecule has 0 spiro atoms. The highest BCUT2D eigenvalue weighted by atomic mass is 16.5. The van der Waals surface area contributed by atoms with Crippen LogP contribution in [0.1, 0.15) is 57.8 Å². The molecule has 0 bridgehead atoms. The summed E-state index contributed by atoms with van der Waals surface area (Å²) >= 11 is 0. The third-order valence-corrected chi connectivity index (χ3v) is 6.26.